The first-order valence-corrected chi connectivity index (χ1v) is 6.71. The molecule has 102 valence electrons. The maximum absolute atomic E-state index is 13.9. The number of fused-ring (bicyclic) bond motifs is 1. The van der Waals surface area contributed by atoms with Gasteiger partial charge < -0.3 is 10.7 Å². The van der Waals surface area contributed by atoms with Gasteiger partial charge in [-0.25, -0.2) is 13.8 Å². The number of nitrogens with two attached hydrogens (primary N) is 1. The van der Waals surface area contributed by atoms with Gasteiger partial charge in [-0.3, -0.25) is 0 Å². The Hall–Kier alpha value is -1.79. The number of hydrogen-bond donors (Lipinski definition) is 2. The molecule has 0 saturated carbocycles. The van der Waals surface area contributed by atoms with Crippen molar-refractivity contribution >= 4 is 27.0 Å². The molecule has 0 aliphatic heterocycles. The Bertz CT molecular complexity index is 775. The van der Waals surface area contributed by atoms with Crippen LogP contribution < -0.4 is 5.73 Å². The monoisotopic (exact) mass is 337 g/mol. The van der Waals surface area contributed by atoms with E-state index < -0.39 is 11.6 Å². The smallest absolute Gasteiger partial charge is 0.144 e. The summed E-state index contributed by atoms with van der Waals surface area (Å²) in [5.74, 6) is -1.18. The van der Waals surface area contributed by atoms with E-state index in [1.165, 1.54) is 12.1 Å². The van der Waals surface area contributed by atoms with Crippen molar-refractivity contribution < 1.29 is 8.78 Å². The highest BCUT2D eigenvalue weighted by atomic mass is 79.9. The van der Waals surface area contributed by atoms with E-state index in [0.717, 1.165) is 5.56 Å². The molecule has 0 bridgehead atoms. The fourth-order valence-electron chi connectivity index (χ4n) is 2.07. The molecule has 1 aromatic heterocycles. The van der Waals surface area contributed by atoms with Gasteiger partial charge in [-0.15, -0.1) is 0 Å². The summed E-state index contributed by atoms with van der Waals surface area (Å²) < 4.78 is 28.2. The SMILES string of the molecule is NCc1ccc2nc(-c3c(F)cc(Br)cc3F)[nH]c2c1. The van der Waals surface area contributed by atoms with Crippen LogP contribution in [0.25, 0.3) is 22.4 Å². The lowest BCUT2D eigenvalue weighted by atomic mass is 10.2. The van der Waals surface area contributed by atoms with Crippen molar-refractivity contribution in [3.63, 3.8) is 0 Å². The van der Waals surface area contributed by atoms with Crippen molar-refractivity contribution in [2.75, 3.05) is 0 Å². The average molecular weight is 338 g/mol. The number of benzene rings is 2. The number of nitrogens with zero attached hydrogens (tertiary/aromatic N) is 1. The molecule has 0 spiro atoms. The molecule has 0 fully saturated rings. The lowest BCUT2D eigenvalue weighted by molar-refractivity contribution is 0.586. The maximum Gasteiger partial charge on any atom is 0.144 e. The van der Waals surface area contributed by atoms with Crippen LogP contribution in [0.2, 0.25) is 0 Å². The predicted octanol–water partition coefficient (Wildman–Crippen LogP) is 3.73. The van der Waals surface area contributed by atoms with Crippen LogP contribution in [-0.2, 0) is 6.54 Å². The van der Waals surface area contributed by atoms with Gasteiger partial charge in [0.15, 0.2) is 0 Å². The molecule has 0 unspecified atom stereocenters. The lowest BCUT2D eigenvalue weighted by Gasteiger charge is -2.02. The van der Waals surface area contributed by atoms with Gasteiger partial charge >= 0.3 is 0 Å². The Labute approximate surface area is 122 Å². The van der Waals surface area contributed by atoms with Crippen molar-refractivity contribution in [2.24, 2.45) is 5.73 Å². The molecule has 1 heterocycles. The van der Waals surface area contributed by atoms with Gasteiger partial charge in [0.05, 0.1) is 16.6 Å². The first kappa shape index (κ1) is 13.2. The third-order valence-electron chi connectivity index (χ3n) is 3.03. The lowest BCUT2D eigenvalue weighted by Crippen LogP contribution is -1.95. The van der Waals surface area contributed by atoms with E-state index in [2.05, 4.69) is 25.9 Å². The summed E-state index contributed by atoms with van der Waals surface area (Å²) in [6.07, 6.45) is 0. The minimum atomic E-state index is -0.671. The largest absolute Gasteiger partial charge is 0.338 e. The number of aromatic amines is 1. The van der Waals surface area contributed by atoms with E-state index in [-0.39, 0.29) is 11.4 Å². The van der Waals surface area contributed by atoms with Gasteiger partial charge in [0.2, 0.25) is 0 Å². The fourth-order valence-corrected chi connectivity index (χ4v) is 2.47. The number of rotatable bonds is 2. The van der Waals surface area contributed by atoms with Crippen LogP contribution in [0.3, 0.4) is 0 Å². The highest BCUT2D eigenvalue weighted by molar-refractivity contribution is 9.10. The highest BCUT2D eigenvalue weighted by Gasteiger charge is 2.16. The van der Waals surface area contributed by atoms with Crippen molar-refractivity contribution in [2.45, 2.75) is 6.54 Å². The van der Waals surface area contributed by atoms with Gasteiger partial charge in [0, 0.05) is 11.0 Å². The zero-order chi connectivity index (χ0) is 14.3. The topological polar surface area (TPSA) is 54.7 Å². The Morgan fingerprint density at radius 2 is 1.85 bits per heavy atom. The van der Waals surface area contributed by atoms with Crippen molar-refractivity contribution in [1.29, 1.82) is 0 Å². The summed E-state index contributed by atoms with van der Waals surface area (Å²) in [6.45, 7) is 0.394. The number of nitrogens with one attached hydrogen (secondary N) is 1. The second-order valence-corrected chi connectivity index (χ2v) is 5.30. The van der Waals surface area contributed by atoms with Crippen LogP contribution in [0.4, 0.5) is 8.78 Å². The molecule has 0 amide bonds. The number of H-pyrrole nitrogens is 1. The quantitative estimate of drug-likeness (QED) is 0.748. The van der Waals surface area contributed by atoms with Crippen LogP contribution in [0.1, 0.15) is 5.56 Å². The van der Waals surface area contributed by atoms with Gasteiger partial charge in [0.1, 0.15) is 17.5 Å². The zero-order valence-electron chi connectivity index (χ0n) is 10.3. The summed E-state index contributed by atoms with van der Waals surface area (Å²) in [5, 5.41) is 0. The zero-order valence-corrected chi connectivity index (χ0v) is 11.8. The Morgan fingerprint density at radius 3 is 2.50 bits per heavy atom. The second kappa shape index (κ2) is 4.96. The van der Waals surface area contributed by atoms with Crippen molar-refractivity contribution in [3.8, 4) is 11.4 Å². The van der Waals surface area contributed by atoms with E-state index in [1.807, 2.05) is 12.1 Å². The molecule has 0 saturated heterocycles. The van der Waals surface area contributed by atoms with Gasteiger partial charge in [-0.2, -0.15) is 0 Å². The summed E-state index contributed by atoms with van der Waals surface area (Å²) in [5.41, 5.74) is 7.65. The summed E-state index contributed by atoms with van der Waals surface area (Å²) in [4.78, 5) is 7.14. The molecule has 0 aliphatic carbocycles. The van der Waals surface area contributed by atoms with Crippen molar-refractivity contribution in [1.82, 2.24) is 9.97 Å². The maximum atomic E-state index is 13.9. The van der Waals surface area contributed by atoms with Crippen LogP contribution in [0.5, 0.6) is 0 Å². The van der Waals surface area contributed by atoms with E-state index in [4.69, 9.17) is 5.73 Å². The number of halogens is 3. The minimum absolute atomic E-state index is 0.164. The number of aromatic nitrogens is 2. The van der Waals surface area contributed by atoms with E-state index >= 15 is 0 Å². The molecule has 3 aromatic rings. The fraction of sp³-hybridized carbons (Fsp3) is 0.0714. The highest BCUT2D eigenvalue weighted by Crippen LogP contribution is 2.28. The third kappa shape index (κ3) is 2.21. The minimum Gasteiger partial charge on any atom is -0.338 e. The molecular formula is C14H10BrF2N3. The first-order valence-electron chi connectivity index (χ1n) is 5.92. The van der Waals surface area contributed by atoms with Crippen LogP contribution >= 0.6 is 15.9 Å². The molecule has 0 radical (unpaired) electrons. The molecule has 3 rings (SSSR count). The van der Waals surface area contributed by atoms with E-state index in [0.29, 0.717) is 22.1 Å². The summed E-state index contributed by atoms with van der Waals surface area (Å²) in [6, 6.07) is 7.84. The standard InChI is InChI=1S/C14H10BrF2N3/c15-8-4-9(16)13(10(17)5-8)14-19-11-2-1-7(6-18)3-12(11)20-14/h1-5H,6,18H2,(H,19,20). The van der Waals surface area contributed by atoms with E-state index in [9.17, 15) is 8.78 Å². The normalized spacial score (nSPS) is 11.2. The molecule has 2 aromatic carbocycles. The summed E-state index contributed by atoms with van der Waals surface area (Å²) >= 11 is 3.05. The van der Waals surface area contributed by atoms with Gasteiger partial charge in [-0.05, 0) is 29.8 Å². The van der Waals surface area contributed by atoms with E-state index in [1.54, 1.807) is 6.07 Å². The molecule has 0 atom stereocenters. The number of hydrogen-bond acceptors (Lipinski definition) is 2. The third-order valence-corrected chi connectivity index (χ3v) is 3.48. The van der Waals surface area contributed by atoms with Crippen LogP contribution in [-0.4, -0.2) is 9.97 Å². The molecule has 20 heavy (non-hydrogen) atoms. The molecule has 0 aliphatic rings. The summed E-state index contributed by atoms with van der Waals surface area (Å²) in [7, 11) is 0. The molecule has 6 heteroatoms. The van der Waals surface area contributed by atoms with Crippen LogP contribution in [0.15, 0.2) is 34.8 Å². The Balaban J connectivity index is 2.20. The molecule has 3 nitrogen and oxygen atoms in total. The second-order valence-electron chi connectivity index (χ2n) is 4.39. The van der Waals surface area contributed by atoms with Crippen molar-refractivity contribution in [3.05, 3.63) is 52.0 Å². The number of imidazole rings is 1. The Kier molecular flexibility index (Phi) is 3.27. The van der Waals surface area contributed by atoms with Gasteiger partial charge in [-0.1, -0.05) is 22.0 Å². The molecule has 3 N–H and O–H groups in total. The average Bonchev–Trinajstić information content (AvgIpc) is 2.79. The molecular weight excluding hydrogens is 328 g/mol. The van der Waals surface area contributed by atoms with Gasteiger partial charge in [0.25, 0.3) is 0 Å². The van der Waals surface area contributed by atoms with Crippen LogP contribution in [0, 0.1) is 11.6 Å². The first-order chi connectivity index (χ1) is 9.58. The predicted molar refractivity (Wildman–Crippen MR) is 77.0 cm³/mol. The Morgan fingerprint density at radius 1 is 1.15 bits per heavy atom.